The molecule has 7 nitrogen and oxygen atoms in total. The number of phenols is 1. The van der Waals surface area contributed by atoms with Gasteiger partial charge in [-0.25, -0.2) is 4.98 Å². The Kier molecular flexibility index (Phi) is 3.91. The van der Waals surface area contributed by atoms with Crippen LogP contribution < -0.4 is 10.1 Å². The molecular formula is C19H21N5O2S. The molecule has 4 heterocycles. The molecule has 2 saturated heterocycles. The first-order chi connectivity index (χ1) is 13.1. The molecule has 27 heavy (non-hydrogen) atoms. The van der Waals surface area contributed by atoms with E-state index < -0.39 is 0 Å². The van der Waals surface area contributed by atoms with Crippen LogP contribution in [0.1, 0.15) is 26.2 Å². The van der Waals surface area contributed by atoms with Gasteiger partial charge in [0.2, 0.25) is 0 Å². The summed E-state index contributed by atoms with van der Waals surface area (Å²) < 4.78 is 8.03. The molecule has 0 radical (unpaired) electrons. The third kappa shape index (κ3) is 3.08. The van der Waals surface area contributed by atoms with Gasteiger partial charge in [0.05, 0.1) is 17.6 Å². The predicted molar refractivity (Wildman–Crippen MR) is 102 cm³/mol. The van der Waals surface area contributed by atoms with Gasteiger partial charge in [-0.05, 0) is 31.9 Å². The summed E-state index contributed by atoms with van der Waals surface area (Å²) in [6.45, 7) is 3.27. The van der Waals surface area contributed by atoms with Crippen molar-refractivity contribution in [2.24, 2.45) is 5.92 Å². The summed E-state index contributed by atoms with van der Waals surface area (Å²) in [5, 5.41) is 23.7. The first kappa shape index (κ1) is 16.7. The van der Waals surface area contributed by atoms with E-state index in [1.54, 1.807) is 18.6 Å². The van der Waals surface area contributed by atoms with Gasteiger partial charge < -0.3 is 19.7 Å². The fraction of sp³-hybridized carbons (Fsp3) is 0.421. The predicted octanol–water partition coefficient (Wildman–Crippen LogP) is 3.01. The number of ether oxygens (including phenoxy) is 1. The van der Waals surface area contributed by atoms with Crippen molar-refractivity contribution in [3.8, 4) is 27.2 Å². The number of imidazole rings is 1. The Labute approximate surface area is 161 Å². The number of piperidine rings is 2. The van der Waals surface area contributed by atoms with Crippen LogP contribution in [0.4, 0.5) is 0 Å². The summed E-state index contributed by atoms with van der Waals surface area (Å²) in [7, 11) is 0. The Balaban J connectivity index is 1.35. The van der Waals surface area contributed by atoms with Gasteiger partial charge in [0.15, 0.2) is 5.01 Å². The molecule has 1 aromatic carbocycles. The highest BCUT2D eigenvalue weighted by molar-refractivity contribution is 7.16. The summed E-state index contributed by atoms with van der Waals surface area (Å²) >= 11 is 1.38. The van der Waals surface area contributed by atoms with Gasteiger partial charge in [0.1, 0.15) is 11.9 Å². The molecule has 1 aliphatic carbocycles. The lowest BCUT2D eigenvalue weighted by Gasteiger charge is -2.49. The van der Waals surface area contributed by atoms with Crippen LogP contribution >= 0.6 is 11.3 Å². The summed E-state index contributed by atoms with van der Waals surface area (Å²) in [5.74, 6) is 0.694. The third-order valence-electron chi connectivity index (χ3n) is 5.71. The van der Waals surface area contributed by atoms with E-state index in [0.29, 0.717) is 21.7 Å². The van der Waals surface area contributed by atoms with Crippen molar-refractivity contribution in [3.63, 3.8) is 0 Å². The van der Waals surface area contributed by atoms with Crippen molar-refractivity contribution < 1.29 is 9.84 Å². The van der Waals surface area contributed by atoms with E-state index in [1.165, 1.54) is 24.2 Å². The number of rotatable bonds is 4. The van der Waals surface area contributed by atoms with Crippen molar-refractivity contribution in [1.29, 1.82) is 0 Å². The number of hydrogen-bond donors (Lipinski definition) is 2. The molecule has 2 aromatic heterocycles. The highest BCUT2D eigenvalue weighted by Gasteiger charge is 2.44. The molecule has 1 saturated carbocycles. The molecule has 2 bridgehead atoms. The lowest BCUT2D eigenvalue weighted by Crippen LogP contribution is -2.60. The smallest absolute Gasteiger partial charge is 0.294 e. The van der Waals surface area contributed by atoms with E-state index in [1.807, 2.05) is 22.9 Å². The van der Waals surface area contributed by atoms with Gasteiger partial charge in [-0.1, -0.05) is 16.4 Å². The number of aromatic nitrogens is 4. The van der Waals surface area contributed by atoms with Crippen LogP contribution in [0.15, 0.2) is 36.9 Å². The van der Waals surface area contributed by atoms with E-state index in [-0.39, 0.29) is 17.4 Å². The van der Waals surface area contributed by atoms with Gasteiger partial charge in [0, 0.05) is 42.9 Å². The minimum Gasteiger partial charge on any atom is -0.507 e. The van der Waals surface area contributed by atoms with E-state index >= 15 is 0 Å². The highest BCUT2D eigenvalue weighted by atomic mass is 32.1. The molecule has 0 spiro atoms. The van der Waals surface area contributed by atoms with E-state index in [0.717, 1.165) is 18.7 Å². The summed E-state index contributed by atoms with van der Waals surface area (Å²) in [6.07, 6.45) is 8.80. The number of nitrogens with zero attached hydrogens (tertiary/aromatic N) is 4. The number of phenolic OH excluding ortho intramolecular Hbond substituents is 1. The van der Waals surface area contributed by atoms with Gasteiger partial charge in [-0.2, -0.15) is 0 Å². The Hall–Kier alpha value is -2.45. The van der Waals surface area contributed by atoms with E-state index in [9.17, 15) is 5.11 Å². The number of aromatic hydroxyl groups is 1. The monoisotopic (exact) mass is 383 g/mol. The summed E-state index contributed by atoms with van der Waals surface area (Å²) in [5.41, 5.74) is 1.67. The first-order valence-electron chi connectivity index (χ1n) is 9.17. The molecule has 2 N–H and O–H groups in total. The quantitative estimate of drug-likeness (QED) is 0.720. The van der Waals surface area contributed by atoms with Crippen LogP contribution in [0.25, 0.3) is 16.3 Å². The van der Waals surface area contributed by atoms with Crippen LogP contribution in [0.3, 0.4) is 0 Å². The second-order valence-corrected chi connectivity index (χ2v) is 8.59. The zero-order valence-corrected chi connectivity index (χ0v) is 15.8. The van der Waals surface area contributed by atoms with Crippen LogP contribution in [0, 0.1) is 5.92 Å². The number of hydrogen-bond acceptors (Lipinski definition) is 7. The summed E-state index contributed by atoms with van der Waals surface area (Å²) in [6, 6.07) is 5.47. The largest absolute Gasteiger partial charge is 0.507 e. The lowest BCUT2D eigenvalue weighted by molar-refractivity contribution is 0.00361. The van der Waals surface area contributed by atoms with Crippen molar-refractivity contribution in [3.05, 3.63) is 36.9 Å². The Morgan fingerprint density at radius 2 is 2.30 bits per heavy atom. The highest BCUT2D eigenvalue weighted by Crippen LogP contribution is 2.40. The second-order valence-electron chi connectivity index (χ2n) is 7.65. The van der Waals surface area contributed by atoms with Crippen molar-refractivity contribution >= 4 is 11.3 Å². The average Bonchev–Trinajstić information content (AvgIpc) is 3.34. The average molecular weight is 383 g/mol. The maximum absolute atomic E-state index is 10.5. The fourth-order valence-electron chi connectivity index (χ4n) is 4.08. The molecule has 8 heteroatoms. The van der Waals surface area contributed by atoms with Crippen LogP contribution in [-0.2, 0) is 0 Å². The van der Waals surface area contributed by atoms with Crippen LogP contribution in [0.2, 0.25) is 0 Å². The minimum absolute atomic E-state index is 0.164. The summed E-state index contributed by atoms with van der Waals surface area (Å²) in [4.78, 5) is 4.03. The van der Waals surface area contributed by atoms with Gasteiger partial charge >= 0.3 is 0 Å². The molecule has 140 valence electrons. The normalized spacial score (nSPS) is 27.0. The Bertz CT molecular complexity index is 947. The second kappa shape index (κ2) is 6.31. The minimum atomic E-state index is 0.164. The molecule has 3 fully saturated rings. The van der Waals surface area contributed by atoms with Crippen molar-refractivity contribution in [2.75, 3.05) is 6.54 Å². The van der Waals surface area contributed by atoms with E-state index in [4.69, 9.17) is 4.74 Å². The maximum Gasteiger partial charge on any atom is 0.294 e. The van der Waals surface area contributed by atoms with Gasteiger partial charge in [0.25, 0.3) is 5.19 Å². The van der Waals surface area contributed by atoms with E-state index in [2.05, 4.69) is 27.4 Å². The lowest BCUT2D eigenvalue weighted by atomic mass is 9.71. The number of fused-ring (bicyclic) bond motifs is 3. The molecule has 6 rings (SSSR count). The number of nitrogens with one attached hydrogen (secondary N) is 1. The molecule has 0 amide bonds. The van der Waals surface area contributed by atoms with Crippen molar-refractivity contribution in [1.82, 2.24) is 25.1 Å². The first-order valence-corrected chi connectivity index (χ1v) is 9.98. The SMILES string of the molecule is C[C@]12CC[C@H](CN1)[C@@H](Oc1nnc(-c3ccc(-n4ccnc4)cc3O)s1)C2. The van der Waals surface area contributed by atoms with Crippen LogP contribution in [0.5, 0.6) is 10.9 Å². The standard InChI is InChI=1S/C19H21N5O2S/c1-19-5-4-12(10-21-19)16(9-19)26-18-23-22-17(27-18)14-3-2-13(8-15(14)25)24-7-6-20-11-24/h2-3,6-8,11-12,16,21,25H,4-5,9-10H2,1H3/t12-,16+,19-/m1/s1. The zero-order chi connectivity index (χ0) is 18.4. The molecular weight excluding hydrogens is 362 g/mol. The molecule has 2 aliphatic heterocycles. The molecule has 0 unspecified atom stereocenters. The van der Waals surface area contributed by atoms with Crippen molar-refractivity contribution in [2.45, 2.75) is 37.8 Å². The molecule has 3 aliphatic rings. The van der Waals surface area contributed by atoms with Gasteiger partial charge in [-0.15, -0.1) is 5.10 Å². The van der Waals surface area contributed by atoms with Gasteiger partial charge in [-0.3, -0.25) is 0 Å². The zero-order valence-electron chi connectivity index (χ0n) is 15.0. The fourth-order valence-corrected chi connectivity index (χ4v) is 4.86. The topological polar surface area (TPSA) is 85.1 Å². The Morgan fingerprint density at radius 1 is 1.37 bits per heavy atom. The third-order valence-corrected chi connectivity index (χ3v) is 6.56. The van der Waals surface area contributed by atoms with Crippen LogP contribution in [-0.4, -0.2) is 43.0 Å². The number of benzene rings is 1. The molecule has 3 atom stereocenters. The maximum atomic E-state index is 10.5. The molecule has 3 aromatic rings. The Morgan fingerprint density at radius 3 is 3.00 bits per heavy atom.